The zero-order valence-electron chi connectivity index (χ0n) is 22.0. The Morgan fingerprint density at radius 2 is 0.927 bits per heavy atom. The zero-order valence-corrected chi connectivity index (χ0v) is 23.7. The van der Waals surface area contributed by atoms with Crippen LogP contribution in [-0.4, -0.2) is 17.6 Å². The van der Waals surface area contributed by atoms with Crippen LogP contribution >= 0.6 is 6.89 Å². The minimum atomic E-state index is -4.26. The summed E-state index contributed by atoms with van der Waals surface area (Å²) in [5, 5.41) is 5.81. The fraction of sp³-hybridized carbons (Fsp3) is 0. The molecule has 1 aromatic heterocycles. The van der Waals surface area contributed by atoms with Crippen molar-refractivity contribution in [2.75, 3.05) is 0 Å². The lowest BCUT2D eigenvalue weighted by atomic mass is 10.1. The summed E-state index contributed by atoms with van der Waals surface area (Å²) in [5.41, 5.74) is 0.670. The Morgan fingerprint density at radius 1 is 0.537 bits per heavy atom. The molecule has 0 aliphatic heterocycles. The van der Waals surface area contributed by atoms with Crippen LogP contribution in [0.25, 0.3) is 11.3 Å². The fourth-order valence-corrected chi connectivity index (χ4v) is 10.8. The first kappa shape index (κ1) is 26.6. The van der Waals surface area contributed by atoms with Crippen LogP contribution in [0.5, 0.6) is 0 Å². The van der Waals surface area contributed by atoms with Gasteiger partial charge in [0, 0.05) is 0 Å². The van der Waals surface area contributed by atoms with Crippen LogP contribution in [0.3, 0.4) is 0 Å². The van der Waals surface area contributed by atoms with Gasteiger partial charge < -0.3 is 0 Å². The largest absolute Gasteiger partial charge is 0.287 e. The third-order valence-electron chi connectivity index (χ3n) is 7.06. The Hall–Kier alpha value is -4.64. The molecule has 202 valence electrons. The maximum atomic E-state index is 14.7. The van der Waals surface area contributed by atoms with Gasteiger partial charge in [-0.05, 0) is 46.6 Å². The summed E-state index contributed by atoms with van der Waals surface area (Å²) in [4.78, 5) is 15.2. The molecule has 0 spiro atoms. The van der Waals surface area contributed by atoms with E-state index in [1.807, 2.05) is 127 Å². The number of nitrogens with one attached hydrogen (secondary N) is 1. The summed E-state index contributed by atoms with van der Waals surface area (Å²) < 4.78 is 29.0. The van der Waals surface area contributed by atoms with Crippen molar-refractivity contribution in [1.82, 2.24) is 9.19 Å². The quantitative estimate of drug-likeness (QED) is 0.263. The molecule has 0 aliphatic rings. The van der Waals surface area contributed by atoms with E-state index < -0.39 is 22.5 Å². The van der Waals surface area contributed by atoms with Crippen molar-refractivity contribution in [2.45, 2.75) is 4.90 Å². The number of aromatic amines is 1. The molecule has 0 fully saturated rings. The second-order valence-corrected chi connectivity index (χ2v) is 14.6. The Kier molecular flexibility index (Phi) is 7.19. The first-order valence-electron chi connectivity index (χ1n) is 13.1. The third kappa shape index (κ3) is 4.71. The summed E-state index contributed by atoms with van der Waals surface area (Å²) in [6.45, 7) is -2.90. The number of benzene rings is 5. The van der Waals surface area contributed by atoms with E-state index in [1.54, 1.807) is 18.2 Å². The molecule has 0 atom stereocenters. The molecule has 1 heterocycles. The number of H-pyrrole nitrogens is 1. The number of hydrogen-bond acceptors (Lipinski definition) is 3. The maximum absolute atomic E-state index is 14.7. The highest BCUT2D eigenvalue weighted by molar-refractivity contribution is 7.90. The summed E-state index contributed by atoms with van der Waals surface area (Å²) in [6.07, 6.45) is 0. The first-order chi connectivity index (χ1) is 20.0. The smallest absolute Gasteiger partial charge is 0.281 e. The standard InChI is InChI=1S/C34H27N2O3PS/c37-34-33(26-32(27-16-6-1-7-17-27)35-36(34)41(38,39)31-24-14-5-15-25-31)40(28-18-8-2-9-19-28,29-20-10-3-11-21-29)30-22-12-4-13-23-30/h1-26,35H. The molecule has 0 radical (unpaired) electrons. The predicted molar refractivity (Wildman–Crippen MR) is 168 cm³/mol. The Bertz CT molecular complexity index is 1960. The van der Waals surface area contributed by atoms with Gasteiger partial charge in [-0.2, -0.15) is 8.42 Å². The van der Waals surface area contributed by atoms with Crippen molar-refractivity contribution < 1.29 is 8.42 Å². The predicted octanol–water partition coefficient (Wildman–Crippen LogP) is 5.61. The van der Waals surface area contributed by atoms with Gasteiger partial charge in [0.25, 0.3) is 15.6 Å². The van der Waals surface area contributed by atoms with Gasteiger partial charge in [-0.25, -0.2) is 0 Å². The number of aromatic nitrogens is 2. The molecule has 0 unspecified atom stereocenters. The number of nitrogens with zero attached hydrogens (tertiary/aromatic N) is 1. The molecule has 7 heteroatoms. The van der Waals surface area contributed by atoms with Crippen molar-refractivity contribution in [3.05, 3.63) is 173 Å². The highest BCUT2D eigenvalue weighted by atomic mass is 32.2. The number of rotatable bonds is 6. The highest BCUT2D eigenvalue weighted by Crippen LogP contribution is 2.47. The molecule has 0 saturated carbocycles. The van der Waals surface area contributed by atoms with E-state index >= 15 is 0 Å². The van der Waals surface area contributed by atoms with Crippen LogP contribution in [0, 0.1) is 4.94 Å². The van der Waals surface area contributed by atoms with Gasteiger partial charge in [-0.1, -0.05) is 140 Å². The maximum Gasteiger partial charge on any atom is 0.287 e. The Morgan fingerprint density at radius 3 is 1.37 bits per heavy atom. The summed E-state index contributed by atoms with van der Waals surface area (Å²) >= 11 is 0. The topological polar surface area (TPSA) is 71.9 Å². The first-order valence-corrected chi connectivity index (χ1v) is 16.4. The van der Waals surface area contributed by atoms with Crippen LogP contribution < -0.4 is 21.5 Å². The van der Waals surface area contributed by atoms with Gasteiger partial charge in [-0.15, -0.1) is 4.09 Å². The molecular weight excluding hydrogens is 547 g/mol. The summed E-state index contributed by atoms with van der Waals surface area (Å²) in [5.74, 6) is 0. The van der Waals surface area contributed by atoms with E-state index in [9.17, 15) is 13.2 Å². The zero-order chi connectivity index (χ0) is 28.3. The minimum Gasteiger partial charge on any atom is -0.281 e. The molecule has 41 heavy (non-hydrogen) atoms. The molecular formula is C34H27N2O3PS. The highest BCUT2D eigenvalue weighted by Gasteiger charge is 2.30. The molecule has 5 aromatic carbocycles. The van der Waals surface area contributed by atoms with E-state index in [0.29, 0.717) is 10.6 Å². The van der Waals surface area contributed by atoms with Crippen molar-refractivity contribution >= 4 is 32.8 Å². The van der Waals surface area contributed by atoms with E-state index in [2.05, 4.69) is 5.10 Å². The van der Waals surface area contributed by atoms with Gasteiger partial charge in [-0.3, -0.25) is 9.89 Å². The van der Waals surface area contributed by atoms with Gasteiger partial charge in [0.1, 0.15) is 0 Å². The SMILES string of the molecule is O=c1c(=P(c2ccccc2)(c2ccccc2)c2ccccc2)cc(-c2ccccc2)[nH]n1S(=O)(=O)c1ccccc1. The lowest BCUT2D eigenvalue weighted by Gasteiger charge is -2.29. The lowest BCUT2D eigenvalue weighted by Crippen LogP contribution is -2.34. The molecule has 6 rings (SSSR count). The molecule has 1 N–H and O–H groups in total. The minimum absolute atomic E-state index is 0.0255. The van der Waals surface area contributed by atoms with Gasteiger partial charge in [0.15, 0.2) is 0 Å². The van der Waals surface area contributed by atoms with E-state index in [-0.39, 0.29) is 4.90 Å². The van der Waals surface area contributed by atoms with E-state index in [4.69, 9.17) is 0 Å². The molecule has 5 nitrogen and oxygen atoms in total. The molecule has 0 bridgehead atoms. The van der Waals surface area contributed by atoms with Gasteiger partial charge in [0.2, 0.25) is 0 Å². The Balaban J connectivity index is 1.93. The van der Waals surface area contributed by atoms with E-state index in [0.717, 1.165) is 25.6 Å². The van der Waals surface area contributed by atoms with Crippen molar-refractivity contribution in [3.63, 3.8) is 0 Å². The molecule has 0 saturated heterocycles. The average Bonchev–Trinajstić information content (AvgIpc) is 3.04. The number of hydrogen-bond donors (Lipinski definition) is 1. The second-order valence-electron chi connectivity index (χ2n) is 9.49. The summed E-state index contributed by atoms with van der Waals surface area (Å²) in [7, 11) is -4.26. The Labute approximate surface area is 239 Å². The normalized spacial score (nSPS) is 11.7. The van der Waals surface area contributed by atoms with Crippen LogP contribution in [0.15, 0.2) is 167 Å². The van der Waals surface area contributed by atoms with Crippen molar-refractivity contribution in [2.24, 2.45) is 0 Å². The van der Waals surface area contributed by atoms with Crippen molar-refractivity contribution in [1.29, 1.82) is 0 Å². The second kappa shape index (κ2) is 11.1. The van der Waals surface area contributed by atoms with Crippen LogP contribution in [0.2, 0.25) is 0 Å². The fourth-order valence-electron chi connectivity index (χ4n) is 5.19. The molecule has 6 aromatic rings. The van der Waals surface area contributed by atoms with Gasteiger partial charge in [0.05, 0.1) is 15.5 Å². The van der Waals surface area contributed by atoms with Crippen molar-refractivity contribution in [3.8, 4) is 11.3 Å². The van der Waals surface area contributed by atoms with Gasteiger partial charge >= 0.3 is 0 Å². The van der Waals surface area contributed by atoms with E-state index in [1.165, 1.54) is 12.1 Å². The lowest BCUT2D eigenvalue weighted by molar-refractivity contribution is 0.576. The third-order valence-corrected chi connectivity index (χ3v) is 12.9. The summed E-state index contributed by atoms with van der Waals surface area (Å²) in [6, 6.07) is 49.1. The molecule has 0 aliphatic carbocycles. The molecule has 0 amide bonds. The van der Waals surface area contributed by atoms with Crippen LogP contribution in [-0.2, 0) is 10.0 Å². The average molecular weight is 575 g/mol. The van der Waals surface area contributed by atoms with Crippen LogP contribution in [0.4, 0.5) is 0 Å². The monoisotopic (exact) mass is 574 g/mol. The van der Waals surface area contributed by atoms with Crippen LogP contribution in [0.1, 0.15) is 0 Å².